The van der Waals surface area contributed by atoms with Crippen LogP contribution in [0.4, 0.5) is 11.5 Å². The molecule has 0 fully saturated rings. The smallest absolute Gasteiger partial charge is 0.242 e. The van der Waals surface area contributed by atoms with Crippen molar-refractivity contribution in [3.63, 3.8) is 0 Å². The Hall–Kier alpha value is -2.67. The average Bonchev–Trinajstić information content (AvgIpc) is 2.83. The van der Waals surface area contributed by atoms with Gasteiger partial charge in [-0.15, -0.1) is 0 Å². The Morgan fingerprint density at radius 3 is 2.35 bits per heavy atom. The molecule has 0 aliphatic carbocycles. The number of hydrogen-bond acceptors (Lipinski definition) is 5. The van der Waals surface area contributed by atoms with Crippen LogP contribution >= 0.6 is 15.9 Å². The van der Waals surface area contributed by atoms with E-state index in [0.29, 0.717) is 10.4 Å². The number of benzene rings is 1. The Balaban J connectivity index is 1.87. The molecule has 3 aromatic rings. The zero-order valence-electron chi connectivity index (χ0n) is 14.6. The Labute approximate surface area is 159 Å². The van der Waals surface area contributed by atoms with Gasteiger partial charge >= 0.3 is 0 Å². The maximum absolute atomic E-state index is 13.1. The Morgan fingerprint density at radius 1 is 0.962 bits per heavy atom. The Bertz CT molecular complexity index is 999. The normalized spacial score (nSPS) is 15.2. The number of carbonyl (C=O) groups excluding carboxylic acids is 1. The van der Waals surface area contributed by atoms with Gasteiger partial charge in [-0.1, -0.05) is 12.1 Å². The topological polar surface area (TPSA) is 71.9 Å². The highest BCUT2D eigenvalue weighted by Gasteiger charge is 2.45. The van der Waals surface area contributed by atoms with Gasteiger partial charge < -0.3 is 0 Å². The minimum Gasteiger partial charge on any atom is -0.273 e. The first-order valence-corrected chi connectivity index (χ1v) is 8.93. The number of aryl methyl sites for hydroxylation is 1. The minimum atomic E-state index is -0.633. The quantitative estimate of drug-likeness (QED) is 0.640. The van der Waals surface area contributed by atoms with Crippen LogP contribution in [-0.4, -0.2) is 25.8 Å². The number of carbonyl (C=O) groups is 1. The van der Waals surface area contributed by atoms with E-state index in [2.05, 4.69) is 35.9 Å². The van der Waals surface area contributed by atoms with Gasteiger partial charge in [0.2, 0.25) is 5.91 Å². The maximum Gasteiger partial charge on any atom is 0.242 e. The first-order chi connectivity index (χ1) is 12.4. The van der Waals surface area contributed by atoms with E-state index in [0.717, 1.165) is 28.2 Å². The van der Waals surface area contributed by atoms with Crippen LogP contribution < -0.4 is 4.90 Å². The van der Waals surface area contributed by atoms with Crippen molar-refractivity contribution in [1.29, 1.82) is 0 Å². The van der Waals surface area contributed by atoms with Crippen LogP contribution in [0, 0.1) is 6.92 Å². The average molecular weight is 410 g/mol. The number of aromatic nitrogens is 4. The number of halogens is 1. The van der Waals surface area contributed by atoms with Crippen LogP contribution in [0.2, 0.25) is 0 Å². The van der Waals surface area contributed by atoms with Gasteiger partial charge in [0, 0.05) is 18.0 Å². The first kappa shape index (κ1) is 16.8. The van der Waals surface area contributed by atoms with Crippen LogP contribution in [0.5, 0.6) is 0 Å². The number of rotatable bonds is 2. The van der Waals surface area contributed by atoms with Crippen LogP contribution in [0.1, 0.15) is 25.2 Å². The number of nitrogens with zero attached hydrogens (tertiary/aromatic N) is 5. The molecule has 4 rings (SSSR count). The molecule has 0 radical (unpaired) electrons. The van der Waals surface area contributed by atoms with Crippen molar-refractivity contribution in [2.45, 2.75) is 26.2 Å². The summed E-state index contributed by atoms with van der Waals surface area (Å²) < 4.78 is 0.623. The molecule has 26 heavy (non-hydrogen) atoms. The van der Waals surface area contributed by atoms with Gasteiger partial charge in [0.15, 0.2) is 5.82 Å². The fourth-order valence-corrected chi connectivity index (χ4v) is 3.32. The molecule has 6 nitrogen and oxygen atoms in total. The Kier molecular flexibility index (Phi) is 3.84. The van der Waals surface area contributed by atoms with E-state index < -0.39 is 5.41 Å². The molecule has 0 atom stereocenters. The van der Waals surface area contributed by atoms with E-state index >= 15 is 0 Å². The standard InChI is InChI=1S/C19H16BrN5O/c1-11-21-7-13(8-22-11)12-4-5-14-15(6-12)25(18(26)19(14,2)3)17-10-23-16(20)9-24-17/h4-10H,1-3H3. The lowest BCUT2D eigenvalue weighted by Crippen LogP contribution is -2.33. The zero-order valence-corrected chi connectivity index (χ0v) is 16.1. The minimum absolute atomic E-state index is 0.0265. The van der Waals surface area contributed by atoms with Crippen LogP contribution in [0.25, 0.3) is 11.1 Å². The van der Waals surface area contributed by atoms with Crippen molar-refractivity contribution in [2.75, 3.05) is 4.90 Å². The summed E-state index contributed by atoms with van der Waals surface area (Å²) in [5.41, 5.74) is 2.99. The van der Waals surface area contributed by atoms with Gasteiger partial charge in [-0.3, -0.25) is 9.69 Å². The maximum atomic E-state index is 13.1. The van der Waals surface area contributed by atoms with Crippen LogP contribution in [-0.2, 0) is 10.2 Å². The molecule has 130 valence electrons. The van der Waals surface area contributed by atoms with E-state index in [1.54, 1.807) is 29.7 Å². The largest absolute Gasteiger partial charge is 0.273 e. The fourth-order valence-electron chi connectivity index (χ4n) is 3.12. The lowest BCUT2D eigenvalue weighted by molar-refractivity contribution is -0.121. The third-order valence-corrected chi connectivity index (χ3v) is 5.01. The van der Waals surface area contributed by atoms with Crippen molar-refractivity contribution in [3.8, 4) is 11.1 Å². The van der Waals surface area contributed by atoms with E-state index in [1.165, 1.54) is 0 Å². The number of fused-ring (bicyclic) bond motifs is 1. The molecule has 0 saturated carbocycles. The summed E-state index contributed by atoms with van der Waals surface area (Å²) in [5.74, 6) is 1.20. The predicted octanol–water partition coefficient (Wildman–Crippen LogP) is 3.96. The van der Waals surface area contributed by atoms with Gasteiger partial charge in [0.1, 0.15) is 10.4 Å². The van der Waals surface area contributed by atoms with E-state index in [9.17, 15) is 4.79 Å². The second-order valence-electron chi connectivity index (χ2n) is 6.71. The van der Waals surface area contributed by atoms with Gasteiger partial charge in [-0.05, 0) is 53.9 Å². The van der Waals surface area contributed by atoms with Gasteiger partial charge in [-0.25, -0.2) is 19.9 Å². The highest BCUT2D eigenvalue weighted by atomic mass is 79.9. The molecule has 1 aromatic carbocycles. The summed E-state index contributed by atoms with van der Waals surface area (Å²) in [6.07, 6.45) is 6.76. The highest BCUT2D eigenvalue weighted by Crippen LogP contribution is 2.46. The third-order valence-electron chi connectivity index (χ3n) is 4.60. The van der Waals surface area contributed by atoms with E-state index in [4.69, 9.17) is 0 Å². The van der Waals surface area contributed by atoms with Crippen LogP contribution in [0.3, 0.4) is 0 Å². The first-order valence-electron chi connectivity index (χ1n) is 8.13. The molecule has 1 aliphatic rings. The monoisotopic (exact) mass is 409 g/mol. The molecular weight excluding hydrogens is 394 g/mol. The predicted molar refractivity (Wildman–Crippen MR) is 102 cm³/mol. The summed E-state index contributed by atoms with van der Waals surface area (Å²) in [6.45, 7) is 5.70. The number of anilines is 2. The highest BCUT2D eigenvalue weighted by molar-refractivity contribution is 9.10. The van der Waals surface area contributed by atoms with Gasteiger partial charge in [0.25, 0.3) is 0 Å². The molecule has 0 unspecified atom stereocenters. The van der Waals surface area contributed by atoms with Crippen molar-refractivity contribution >= 4 is 33.3 Å². The molecule has 7 heteroatoms. The van der Waals surface area contributed by atoms with Crippen molar-refractivity contribution in [2.24, 2.45) is 0 Å². The third kappa shape index (κ3) is 2.59. The van der Waals surface area contributed by atoms with Crippen LogP contribution in [0.15, 0.2) is 47.6 Å². The molecule has 0 spiro atoms. The van der Waals surface area contributed by atoms with Gasteiger partial charge in [0.05, 0.1) is 23.5 Å². The van der Waals surface area contributed by atoms with Crippen molar-refractivity contribution < 1.29 is 4.79 Å². The molecular formula is C19H16BrN5O. The second-order valence-corrected chi connectivity index (χ2v) is 7.53. The Morgan fingerprint density at radius 2 is 1.69 bits per heavy atom. The molecule has 2 aromatic heterocycles. The summed E-state index contributed by atoms with van der Waals surface area (Å²) in [6, 6.07) is 5.98. The second kappa shape index (κ2) is 5.95. The lowest BCUT2D eigenvalue weighted by atomic mass is 9.85. The van der Waals surface area contributed by atoms with E-state index in [1.807, 2.05) is 39.0 Å². The molecule has 0 saturated heterocycles. The lowest BCUT2D eigenvalue weighted by Gasteiger charge is -2.19. The summed E-state index contributed by atoms with van der Waals surface area (Å²) >= 11 is 3.28. The molecule has 0 bridgehead atoms. The number of hydrogen-bond donors (Lipinski definition) is 0. The van der Waals surface area contributed by atoms with Crippen molar-refractivity contribution in [1.82, 2.24) is 19.9 Å². The summed E-state index contributed by atoms with van der Waals surface area (Å²) in [5, 5.41) is 0. The summed E-state index contributed by atoms with van der Waals surface area (Å²) in [7, 11) is 0. The number of amides is 1. The molecule has 0 N–H and O–H groups in total. The summed E-state index contributed by atoms with van der Waals surface area (Å²) in [4.78, 5) is 31.8. The zero-order chi connectivity index (χ0) is 18.5. The molecule has 1 aliphatic heterocycles. The van der Waals surface area contributed by atoms with E-state index in [-0.39, 0.29) is 5.91 Å². The fraction of sp³-hybridized carbons (Fsp3) is 0.211. The SMILES string of the molecule is Cc1ncc(-c2ccc3c(c2)N(c2cnc(Br)cn2)C(=O)C3(C)C)cn1. The molecule has 1 amide bonds. The van der Waals surface area contributed by atoms with Gasteiger partial charge in [-0.2, -0.15) is 0 Å². The van der Waals surface area contributed by atoms with Crippen molar-refractivity contribution in [3.05, 3.63) is 59.0 Å². The molecule has 3 heterocycles.